The minimum absolute atomic E-state index is 0. The van der Waals surface area contributed by atoms with Crippen LogP contribution in [0.25, 0.3) is 0 Å². The maximum Gasteiger partial charge on any atom is 0.226 e. The summed E-state index contributed by atoms with van der Waals surface area (Å²) < 4.78 is 0. The molecule has 5 nitrogen and oxygen atoms in total. The predicted molar refractivity (Wildman–Crippen MR) is 110 cm³/mol. The second-order valence-corrected chi connectivity index (χ2v) is 7.59. The SMILES string of the molecule is CCCC(=O)N1CCC(C(=O)N2CCNCC2c2ccccc2Cl)CC1.Cl. The Morgan fingerprint density at radius 2 is 1.89 bits per heavy atom. The number of hydrogen-bond acceptors (Lipinski definition) is 3. The Morgan fingerprint density at radius 1 is 1.19 bits per heavy atom. The fraction of sp³-hybridized carbons (Fsp3) is 0.600. The lowest BCUT2D eigenvalue weighted by Crippen LogP contribution is -2.52. The van der Waals surface area contributed by atoms with Crippen molar-refractivity contribution in [3.8, 4) is 0 Å². The molecular formula is C20H29Cl2N3O2. The number of hydrogen-bond donors (Lipinski definition) is 1. The van der Waals surface area contributed by atoms with Gasteiger partial charge in [-0.25, -0.2) is 0 Å². The van der Waals surface area contributed by atoms with E-state index in [0.717, 1.165) is 37.9 Å². The van der Waals surface area contributed by atoms with Gasteiger partial charge in [0.1, 0.15) is 0 Å². The Labute approximate surface area is 172 Å². The van der Waals surface area contributed by atoms with E-state index in [1.165, 1.54) is 0 Å². The van der Waals surface area contributed by atoms with Gasteiger partial charge in [-0.05, 0) is 30.9 Å². The van der Waals surface area contributed by atoms with Gasteiger partial charge in [-0.15, -0.1) is 12.4 Å². The zero-order valence-electron chi connectivity index (χ0n) is 15.8. The monoisotopic (exact) mass is 413 g/mol. The van der Waals surface area contributed by atoms with Crippen molar-refractivity contribution in [1.82, 2.24) is 15.1 Å². The van der Waals surface area contributed by atoms with Crippen LogP contribution in [0.2, 0.25) is 5.02 Å². The molecule has 0 bridgehead atoms. The highest BCUT2D eigenvalue weighted by Gasteiger charge is 2.35. The van der Waals surface area contributed by atoms with E-state index < -0.39 is 0 Å². The molecule has 1 atom stereocenters. The van der Waals surface area contributed by atoms with Gasteiger partial charge in [-0.1, -0.05) is 36.7 Å². The average molecular weight is 414 g/mol. The number of nitrogens with zero attached hydrogens (tertiary/aromatic N) is 2. The van der Waals surface area contributed by atoms with Crippen LogP contribution in [0.1, 0.15) is 44.2 Å². The Balaban J connectivity index is 0.00000261. The first-order chi connectivity index (χ1) is 12.6. The summed E-state index contributed by atoms with van der Waals surface area (Å²) in [6, 6.07) is 7.75. The van der Waals surface area contributed by atoms with E-state index in [1.54, 1.807) is 0 Å². The van der Waals surface area contributed by atoms with E-state index in [2.05, 4.69) is 5.32 Å². The second-order valence-electron chi connectivity index (χ2n) is 7.18. The standard InChI is InChI=1S/C20H28ClN3O2.ClH/c1-2-5-19(25)23-11-8-15(9-12-23)20(26)24-13-10-22-14-18(24)16-6-3-4-7-17(16)21;/h3-4,6-7,15,18,22H,2,5,8-14H2,1H3;1H. The van der Waals surface area contributed by atoms with Gasteiger partial charge >= 0.3 is 0 Å². The van der Waals surface area contributed by atoms with Crippen molar-refractivity contribution >= 4 is 35.8 Å². The number of carbonyl (C=O) groups is 2. The molecule has 150 valence electrons. The third kappa shape index (κ3) is 5.15. The van der Waals surface area contributed by atoms with Crippen molar-refractivity contribution in [3.63, 3.8) is 0 Å². The zero-order chi connectivity index (χ0) is 18.5. The zero-order valence-corrected chi connectivity index (χ0v) is 17.4. The number of amides is 2. The van der Waals surface area contributed by atoms with Crippen LogP contribution >= 0.6 is 24.0 Å². The van der Waals surface area contributed by atoms with Crippen molar-refractivity contribution in [1.29, 1.82) is 0 Å². The van der Waals surface area contributed by atoms with E-state index >= 15 is 0 Å². The summed E-state index contributed by atoms with van der Waals surface area (Å²) >= 11 is 6.39. The summed E-state index contributed by atoms with van der Waals surface area (Å²) in [6.45, 7) is 5.64. The normalized spacial score (nSPS) is 20.9. The van der Waals surface area contributed by atoms with Crippen LogP contribution in [0.5, 0.6) is 0 Å². The lowest BCUT2D eigenvalue weighted by molar-refractivity contribution is -0.143. The van der Waals surface area contributed by atoms with Gasteiger partial charge in [-0.2, -0.15) is 0 Å². The highest BCUT2D eigenvalue weighted by molar-refractivity contribution is 6.31. The maximum absolute atomic E-state index is 13.2. The molecule has 0 radical (unpaired) electrons. The molecule has 2 saturated heterocycles. The number of rotatable bonds is 4. The molecule has 7 heteroatoms. The third-order valence-electron chi connectivity index (χ3n) is 5.45. The molecule has 3 rings (SSSR count). The fourth-order valence-corrected chi connectivity index (χ4v) is 4.24. The number of piperazine rings is 1. The van der Waals surface area contributed by atoms with Crippen LogP contribution in [0.4, 0.5) is 0 Å². The number of benzene rings is 1. The highest BCUT2D eigenvalue weighted by atomic mass is 35.5. The van der Waals surface area contributed by atoms with E-state index in [1.807, 2.05) is 41.0 Å². The minimum Gasteiger partial charge on any atom is -0.343 e. The lowest BCUT2D eigenvalue weighted by atomic mass is 9.93. The van der Waals surface area contributed by atoms with Crippen molar-refractivity contribution in [2.24, 2.45) is 5.92 Å². The average Bonchev–Trinajstić information content (AvgIpc) is 2.68. The molecule has 1 unspecified atom stereocenters. The minimum atomic E-state index is -0.0234. The molecule has 1 aromatic carbocycles. The summed E-state index contributed by atoms with van der Waals surface area (Å²) in [6.07, 6.45) is 2.99. The Kier molecular flexibility index (Phi) is 8.39. The summed E-state index contributed by atoms with van der Waals surface area (Å²) in [5.74, 6) is 0.428. The molecule has 2 fully saturated rings. The van der Waals surface area contributed by atoms with Gasteiger partial charge in [-0.3, -0.25) is 9.59 Å². The number of carbonyl (C=O) groups excluding carboxylic acids is 2. The molecular weight excluding hydrogens is 385 g/mol. The molecule has 0 spiro atoms. The van der Waals surface area contributed by atoms with Gasteiger partial charge in [0.2, 0.25) is 11.8 Å². The summed E-state index contributed by atoms with van der Waals surface area (Å²) in [5.41, 5.74) is 1.00. The van der Waals surface area contributed by atoms with Crippen LogP contribution in [0.15, 0.2) is 24.3 Å². The summed E-state index contributed by atoms with van der Waals surface area (Å²) in [5, 5.41) is 4.09. The topological polar surface area (TPSA) is 52.7 Å². The van der Waals surface area contributed by atoms with E-state index in [9.17, 15) is 9.59 Å². The molecule has 0 saturated carbocycles. The van der Waals surface area contributed by atoms with E-state index in [-0.39, 0.29) is 36.2 Å². The van der Waals surface area contributed by atoms with E-state index in [0.29, 0.717) is 31.1 Å². The van der Waals surface area contributed by atoms with Crippen LogP contribution < -0.4 is 5.32 Å². The second kappa shape index (κ2) is 10.3. The van der Waals surface area contributed by atoms with Gasteiger partial charge in [0, 0.05) is 50.1 Å². The summed E-state index contributed by atoms with van der Waals surface area (Å²) in [7, 11) is 0. The first-order valence-corrected chi connectivity index (χ1v) is 10.0. The van der Waals surface area contributed by atoms with Gasteiger partial charge in [0.25, 0.3) is 0 Å². The maximum atomic E-state index is 13.2. The Hall–Kier alpha value is -1.30. The number of piperidine rings is 1. The van der Waals surface area contributed by atoms with Crippen LogP contribution in [0, 0.1) is 5.92 Å². The molecule has 2 amide bonds. The smallest absolute Gasteiger partial charge is 0.226 e. The number of likely N-dealkylation sites (tertiary alicyclic amines) is 1. The van der Waals surface area contributed by atoms with Crippen LogP contribution in [-0.2, 0) is 9.59 Å². The van der Waals surface area contributed by atoms with Crippen molar-refractivity contribution in [2.45, 2.75) is 38.6 Å². The van der Waals surface area contributed by atoms with Gasteiger partial charge < -0.3 is 15.1 Å². The van der Waals surface area contributed by atoms with Crippen LogP contribution in [-0.4, -0.2) is 54.3 Å². The van der Waals surface area contributed by atoms with Crippen molar-refractivity contribution in [3.05, 3.63) is 34.9 Å². The molecule has 2 heterocycles. The molecule has 27 heavy (non-hydrogen) atoms. The number of nitrogens with one attached hydrogen (secondary N) is 1. The first kappa shape index (κ1) is 22.0. The highest BCUT2D eigenvalue weighted by Crippen LogP contribution is 2.31. The Bertz CT molecular complexity index is 648. The quantitative estimate of drug-likeness (QED) is 0.823. The largest absolute Gasteiger partial charge is 0.343 e. The van der Waals surface area contributed by atoms with Gasteiger partial charge in [0.05, 0.1) is 6.04 Å². The lowest BCUT2D eigenvalue weighted by Gasteiger charge is -2.40. The van der Waals surface area contributed by atoms with E-state index in [4.69, 9.17) is 11.6 Å². The molecule has 0 aromatic heterocycles. The first-order valence-electron chi connectivity index (χ1n) is 9.65. The molecule has 1 N–H and O–H groups in total. The fourth-order valence-electron chi connectivity index (χ4n) is 3.97. The third-order valence-corrected chi connectivity index (χ3v) is 5.80. The molecule has 2 aliphatic heterocycles. The number of halogens is 2. The molecule has 0 aliphatic carbocycles. The molecule has 2 aliphatic rings. The Morgan fingerprint density at radius 3 is 2.56 bits per heavy atom. The van der Waals surface area contributed by atoms with Crippen molar-refractivity contribution < 1.29 is 9.59 Å². The van der Waals surface area contributed by atoms with Gasteiger partial charge in [0.15, 0.2) is 0 Å². The molecule has 1 aromatic rings. The van der Waals surface area contributed by atoms with Crippen molar-refractivity contribution in [2.75, 3.05) is 32.7 Å². The van der Waals surface area contributed by atoms with Crippen LogP contribution in [0.3, 0.4) is 0 Å². The summed E-state index contributed by atoms with van der Waals surface area (Å²) in [4.78, 5) is 29.2. The predicted octanol–water partition coefficient (Wildman–Crippen LogP) is 3.27.